The van der Waals surface area contributed by atoms with E-state index in [0.29, 0.717) is 0 Å². The zero-order valence-electron chi connectivity index (χ0n) is 19.2. The minimum Gasteiger partial charge on any atom is -0.305 e. The number of nitrogens with zero attached hydrogens (tertiary/aromatic N) is 4. The molecule has 4 nitrogen and oxygen atoms in total. The van der Waals surface area contributed by atoms with Gasteiger partial charge in [-0.3, -0.25) is 9.80 Å². The van der Waals surface area contributed by atoms with Crippen LogP contribution in [0.15, 0.2) is 42.5 Å². The molecular formula is C27H36N4. The van der Waals surface area contributed by atoms with Crippen LogP contribution in [0.5, 0.6) is 0 Å². The molecule has 2 heterocycles. The maximum absolute atomic E-state index is 9.81. The molecule has 1 atom stereocenters. The number of hydrogen-bond acceptors (Lipinski definition) is 4. The fourth-order valence-electron chi connectivity index (χ4n) is 5.03. The second kappa shape index (κ2) is 10.4. The van der Waals surface area contributed by atoms with Gasteiger partial charge in [-0.2, -0.15) is 5.26 Å². The van der Waals surface area contributed by atoms with Gasteiger partial charge in [-0.05, 0) is 80.2 Å². The Morgan fingerprint density at radius 2 is 1.61 bits per heavy atom. The van der Waals surface area contributed by atoms with Crippen molar-refractivity contribution in [2.24, 2.45) is 5.92 Å². The van der Waals surface area contributed by atoms with Gasteiger partial charge in [0.1, 0.15) is 0 Å². The van der Waals surface area contributed by atoms with Crippen molar-refractivity contribution in [2.75, 3.05) is 46.3 Å². The van der Waals surface area contributed by atoms with Crippen molar-refractivity contribution in [3.05, 3.63) is 59.2 Å². The molecule has 4 heteroatoms. The second-order valence-electron chi connectivity index (χ2n) is 9.60. The lowest BCUT2D eigenvalue weighted by molar-refractivity contribution is 0.176. The lowest BCUT2D eigenvalue weighted by atomic mass is 9.96. The number of rotatable bonds is 5. The number of benzene rings is 2. The van der Waals surface area contributed by atoms with E-state index >= 15 is 0 Å². The Hall–Kier alpha value is -2.19. The van der Waals surface area contributed by atoms with Gasteiger partial charge in [-0.15, -0.1) is 0 Å². The maximum atomic E-state index is 9.81. The highest BCUT2D eigenvalue weighted by Gasteiger charge is 2.17. The van der Waals surface area contributed by atoms with Gasteiger partial charge in [0, 0.05) is 32.7 Å². The van der Waals surface area contributed by atoms with E-state index in [0.717, 1.165) is 55.3 Å². The standard InChI is InChI=1S/C27H36N4/c1-22-5-3-13-31(19-22)20-23-6-9-25(10-7-23)27-11-8-24(17-26(27)18-28)21-30-14-4-12-29(2)15-16-30/h6-11,17,22H,3-5,12-16,19-21H2,1-2H3. The van der Waals surface area contributed by atoms with E-state index in [1.807, 2.05) is 0 Å². The Morgan fingerprint density at radius 3 is 2.39 bits per heavy atom. The van der Waals surface area contributed by atoms with Gasteiger partial charge in [0.25, 0.3) is 0 Å². The summed E-state index contributed by atoms with van der Waals surface area (Å²) >= 11 is 0. The third-order valence-corrected chi connectivity index (χ3v) is 6.83. The molecule has 0 spiro atoms. The molecule has 2 aromatic rings. The number of piperidine rings is 1. The molecule has 0 aromatic heterocycles. The van der Waals surface area contributed by atoms with Crippen LogP contribution in [0.25, 0.3) is 11.1 Å². The second-order valence-corrected chi connectivity index (χ2v) is 9.60. The molecule has 2 saturated heterocycles. The van der Waals surface area contributed by atoms with Crippen LogP contribution >= 0.6 is 0 Å². The van der Waals surface area contributed by atoms with Crippen molar-refractivity contribution < 1.29 is 0 Å². The van der Waals surface area contributed by atoms with Crippen LogP contribution in [0.1, 0.15) is 42.9 Å². The van der Waals surface area contributed by atoms with Gasteiger partial charge < -0.3 is 4.90 Å². The van der Waals surface area contributed by atoms with Crippen molar-refractivity contribution in [1.29, 1.82) is 5.26 Å². The monoisotopic (exact) mass is 416 g/mol. The smallest absolute Gasteiger partial charge is 0.0998 e. The minimum atomic E-state index is 0.780. The zero-order chi connectivity index (χ0) is 21.6. The third-order valence-electron chi connectivity index (χ3n) is 6.83. The Kier molecular flexibility index (Phi) is 7.40. The predicted molar refractivity (Wildman–Crippen MR) is 128 cm³/mol. The van der Waals surface area contributed by atoms with Crippen LogP contribution in [-0.4, -0.2) is 61.0 Å². The van der Waals surface area contributed by atoms with Gasteiger partial charge in [-0.25, -0.2) is 0 Å². The van der Waals surface area contributed by atoms with Crippen molar-refractivity contribution in [3.8, 4) is 17.2 Å². The van der Waals surface area contributed by atoms with Gasteiger partial charge in [0.15, 0.2) is 0 Å². The summed E-state index contributed by atoms with van der Waals surface area (Å²) in [5.74, 6) is 0.806. The SMILES string of the molecule is CC1CCCN(Cc2ccc(-c3ccc(CN4CCCN(C)CC4)cc3C#N)cc2)C1. The molecular weight excluding hydrogens is 380 g/mol. The molecule has 31 heavy (non-hydrogen) atoms. The van der Waals surface area contributed by atoms with Gasteiger partial charge >= 0.3 is 0 Å². The van der Waals surface area contributed by atoms with E-state index in [-0.39, 0.29) is 0 Å². The molecule has 164 valence electrons. The van der Waals surface area contributed by atoms with Crippen LogP contribution in [0.4, 0.5) is 0 Å². The fraction of sp³-hybridized carbons (Fsp3) is 0.519. The molecule has 0 bridgehead atoms. The molecule has 2 aliphatic rings. The molecule has 2 fully saturated rings. The van der Waals surface area contributed by atoms with E-state index < -0.39 is 0 Å². The van der Waals surface area contributed by atoms with E-state index in [4.69, 9.17) is 0 Å². The first kappa shape index (κ1) is 22.0. The van der Waals surface area contributed by atoms with Crippen LogP contribution in [0.3, 0.4) is 0 Å². The molecule has 0 amide bonds. The number of nitriles is 1. The molecule has 2 aromatic carbocycles. The average Bonchev–Trinajstić information content (AvgIpc) is 2.98. The lowest BCUT2D eigenvalue weighted by Crippen LogP contribution is -2.33. The van der Waals surface area contributed by atoms with Crippen LogP contribution < -0.4 is 0 Å². The third kappa shape index (κ3) is 5.95. The normalized spacial score (nSPS) is 21.5. The summed E-state index contributed by atoms with van der Waals surface area (Å²) in [4.78, 5) is 7.48. The molecule has 2 aliphatic heterocycles. The van der Waals surface area contributed by atoms with E-state index in [1.165, 1.54) is 50.0 Å². The summed E-state index contributed by atoms with van der Waals surface area (Å²) < 4.78 is 0. The minimum absolute atomic E-state index is 0.780. The molecule has 1 unspecified atom stereocenters. The largest absolute Gasteiger partial charge is 0.305 e. The van der Waals surface area contributed by atoms with Crippen molar-refractivity contribution in [2.45, 2.75) is 39.3 Å². The first-order chi connectivity index (χ1) is 15.1. The summed E-state index contributed by atoms with van der Waals surface area (Å²) in [6, 6.07) is 17.7. The molecule has 0 radical (unpaired) electrons. The number of likely N-dealkylation sites (N-methyl/N-ethyl adjacent to an activating group) is 1. The van der Waals surface area contributed by atoms with Crippen molar-refractivity contribution in [1.82, 2.24) is 14.7 Å². The summed E-state index contributed by atoms with van der Waals surface area (Å²) in [5, 5.41) is 9.81. The van der Waals surface area contributed by atoms with Crippen molar-refractivity contribution in [3.63, 3.8) is 0 Å². The number of likely N-dealkylation sites (tertiary alicyclic amines) is 1. The Balaban J connectivity index is 1.43. The van der Waals surface area contributed by atoms with E-state index in [1.54, 1.807) is 0 Å². The van der Waals surface area contributed by atoms with Crippen LogP contribution in [0, 0.1) is 17.2 Å². The average molecular weight is 417 g/mol. The van der Waals surface area contributed by atoms with Gasteiger partial charge in [-0.1, -0.05) is 43.3 Å². The van der Waals surface area contributed by atoms with Gasteiger partial charge in [0.05, 0.1) is 11.6 Å². The highest BCUT2D eigenvalue weighted by Crippen LogP contribution is 2.26. The summed E-state index contributed by atoms with van der Waals surface area (Å²) in [7, 11) is 2.20. The van der Waals surface area contributed by atoms with Crippen LogP contribution in [-0.2, 0) is 13.1 Å². The first-order valence-electron chi connectivity index (χ1n) is 11.9. The van der Waals surface area contributed by atoms with Crippen LogP contribution in [0.2, 0.25) is 0 Å². The van der Waals surface area contributed by atoms with E-state index in [2.05, 4.69) is 77.2 Å². The Morgan fingerprint density at radius 1 is 0.871 bits per heavy atom. The fourth-order valence-corrected chi connectivity index (χ4v) is 5.03. The number of hydrogen-bond donors (Lipinski definition) is 0. The topological polar surface area (TPSA) is 33.5 Å². The highest BCUT2D eigenvalue weighted by atomic mass is 15.2. The maximum Gasteiger partial charge on any atom is 0.0998 e. The Bertz CT molecular complexity index is 898. The first-order valence-corrected chi connectivity index (χ1v) is 11.9. The lowest BCUT2D eigenvalue weighted by Gasteiger charge is -2.30. The summed E-state index contributed by atoms with van der Waals surface area (Å²) in [6.45, 7) is 11.2. The quantitative estimate of drug-likeness (QED) is 0.714. The predicted octanol–water partition coefficient (Wildman–Crippen LogP) is 4.59. The van der Waals surface area contributed by atoms with Crippen molar-refractivity contribution >= 4 is 0 Å². The molecule has 4 rings (SSSR count). The summed E-state index contributed by atoms with van der Waals surface area (Å²) in [5.41, 5.74) is 5.55. The zero-order valence-corrected chi connectivity index (χ0v) is 19.2. The highest BCUT2D eigenvalue weighted by molar-refractivity contribution is 5.71. The molecule has 0 saturated carbocycles. The van der Waals surface area contributed by atoms with Gasteiger partial charge in [0.2, 0.25) is 0 Å². The molecule has 0 N–H and O–H groups in total. The van der Waals surface area contributed by atoms with E-state index in [9.17, 15) is 5.26 Å². The Labute approximate surface area is 188 Å². The summed E-state index contributed by atoms with van der Waals surface area (Å²) in [6.07, 6.45) is 3.88. The molecule has 0 aliphatic carbocycles.